The molecule has 0 aliphatic rings. The number of halogens is 2. The van der Waals surface area contributed by atoms with E-state index in [4.69, 9.17) is 17.3 Å². The van der Waals surface area contributed by atoms with E-state index in [0.717, 1.165) is 0 Å². The van der Waals surface area contributed by atoms with Crippen LogP contribution in [0, 0.1) is 5.82 Å². The zero-order chi connectivity index (χ0) is 9.35. The zero-order valence-electron chi connectivity index (χ0n) is 7.07. The van der Waals surface area contributed by atoms with Crippen molar-refractivity contribution in [2.24, 2.45) is 5.73 Å². The molecule has 0 atom stereocenters. The summed E-state index contributed by atoms with van der Waals surface area (Å²) in [4.78, 5) is 0. The fourth-order valence-corrected chi connectivity index (χ4v) is 1.16. The fourth-order valence-electron chi connectivity index (χ4n) is 0.991. The molecule has 3 heteroatoms. The van der Waals surface area contributed by atoms with E-state index in [1.807, 2.05) is 0 Å². The molecule has 1 rings (SSSR count). The van der Waals surface area contributed by atoms with Gasteiger partial charge in [-0.05, 0) is 32.0 Å². The molecule has 0 bridgehead atoms. The Bertz CT molecular complexity index is 291. The van der Waals surface area contributed by atoms with Crippen LogP contribution in [0.4, 0.5) is 4.39 Å². The first-order valence-corrected chi connectivity index (χ1v) is 4.03. The monoisotopic (exact) mass is 187 g/mol. The quantitative estimate of drug-likeness (QED) is 0.719. The highest BCUT2D eigenvalue weighted by Crippen LogP contribution is 2.23. The molecule has 0 amide bonds. The second-order valence-corrected chi connectivity index (χ2v) is 3.78. The minimum atomic E-state index is -0.686. The van der Waals surface area contributed by atoms with E-state index in [9.17, 15) is 4.39 Å². The average molecular weight is 188 g/mol. The van der Waals surface area contributed by atoms with Crippen molar-refractivity contribution in [3.05, 3.63) is 34.6 Å². The fraction of sp³-hybridized carbons (Fsp3) is 0.333. The van der Waals surface area contributed by atoms with Gasteiger partial charge >= 0.3 is 0 Å². The first kappa shape index (κ1) is 9.49. The summed E-state index contributed by atoms with van der Waals surface area (Å²) in [6, 6.07) is 4.38. The molecule has 0 fully saturated rings. The molecular weight excluding hydrogens is 177 g/mol. The van der Waals surface area contributed by atoms with Crippen LogP contribution in [-0.2, 0) is 5.54 Å². The van der Waals surface area contributed by atoms with Gasteiger partial charge in [0.25, 0.3) is 0 Å². The number of rotatable bonds is 1. The molecule has 66 valence electrons. The van der Waals surface area contributed by atoms with Crippen LogP contribution in [-0.4, -0.2) is 0 Å². The number of hydrogen-bond acceptors (Lipinski definition) is 1. The zero-order valence-corrected chi connectivity index (χ0v) is 7.82. The molecule has 0 aliphatic heterocycles. The summed E-state index contributed by atoms with van der Waals surface area (Å²) in [6.45, 7) is 3.48. The van der Waals surface area contributed by atoms with Crippen molar-refractivity contribution in [1.82, 2.24) is 0 Å². The number of hydrogen-bond donors (Lipinski definition) is 1. The van der Waals surface area contributed by atoms with Crippen LogP contribution < -0.4 is 5.73 Å². The Morgan fingerprint density at radius 3 is 2.42 bits per heavy atom. The summed E-state index contributed by atoms with van der Waals surface area (Å²) in [5.41, 5.74) is 5.48. The van der Waals surface area contributed by atoms with Crippen molar-refractivity contribution in [3.63, 3.8) is 0 Å². The molecule has 12 heavy (non-hydrogen) atoms. The van der Waals surface area contributed by atoms with Crippen LogP contribution in [0.15, 0.2) is 18.2 Å². The third-order valence-electron chi connectivity index (χ3n) is 1.62. The minimum absolute atomic E-state index is 0.313. The van der Waals surface area contributed by atoms with Gasteiger partial charge in [0.15, 0.2) is 0 Å². The highest BCUT2D eigenvalue weighted by Gasteiger charge is 2.18. The highest BCUT2D eigenvalue weighted by atomic mass is 35.5. The van der Waals surface area contributed by atoms with E-state index in [1.54, 1.807) is 19.9 Å². The molecule has 0 radical (unpaired) electrons. The predicted octanol–water partition coefficient (Wildman–Crippen LogP) is 2.67. The molecule has 0 unspecified atom stereocenters. The number of benzene rings is 1. The van der Waals surface area contributed by atoms with Gasteiger partial charge < -0.3 is 5.73 Å². The van der Waals surface area contributed by atoms with Crippen molar-refractivity contribution in [3.8, 4) is 0 Å². The lowest BCUT2D eigenvalue weighted by atomic mass is 9.95. The van der Waals surface area contributed by atoms with Crippen LogP contribution in [0.3, 0.4) is 0 Å². The van der Waals surface area contributed by atoms with Gasteiger partial charge in [-0.15, -0.1) is 0 Å². The Morgan fingerprint density at radius 2 is 2.00 bits per heavy atom. The van der Waals surface area contributed by atoms with Crippen molar-refractivity contribution < 1.29 is 4.39 Å². The Kier molecular flexibility index (Phi) is 2.40. The van der Waals surface area contributed by atoms with Crippen LogP contribution in [0.25, 0.3) is 0 Å². The molecule has 1 aromatic carbocycles. The van der Waals surface area contributed by atoms with Crippen molar-refractivity contribution in [2.45, 2.75) is 19.4 Å². The Morgan fingerprint density at radius 1 is 1.42 bits per heavy atom. The standard InChI is InChI=1S/C9H11ClFN/c1-9(2,12)7-5-6(10)3-4-8(7)11/h3-5H,12H2,1-2H3. The Hall–Kier alpha value is -0.600. The van der Waals surface area contributed by atoms with Crippen LogP contribution in [0.5, 0.6) is 0 Å². The van der Waals surface area contributed by atoms with E-state index >= 15 is 0 Å². The minimum Gasteiger partial charge on any atom is -0.322 e. The van der Waals surface area contributed by atoms with E-state index in [-0.39, 0.29) is 5.82 Å². The predicted molar refractivity (Wildman–Crippen MR) is 48.6 cm³/mol. The SMILES string of the molecule is CC(C)(N)c1cc(Cl)ccc1F. The maximum Gasteiger partial charge on any atom is 0.128 e. The van der Waals surface area contributed by atoms with Gasteiger partial charge in [0, 0.05) is 16.1 Å². The van der Waals surface area contributed by atoms with Gasteiger partial charge in [-0.3, -0.25) is 0 Å². The summed E-state index contributed by atoms with van der Waals surface area (Å²) < 4.78 is 13.1. The molecule has 1 aromatic rings. The second kappa shape index (κ2) is 3.04. The molecule has 0 saturated heterocycles. The van der Waals surface area contributed by atoms with Gasteiger partial charge in [0.1, 0.15) is 5.82 Å². The lowest BCUT2D eigenvalue weighted by molar-refractivity contribution is 0.501. The summed E-state index contributed by atoms with van der Waals surface area (Å²) in [7, 11) is 0. The topological polar surface area (TPSA) is 26.0 Å². The van der Waals surface area contributed by atoms with Crippen LogP contribution >= 0.6 is 11.6 Å². The molecule has 2 N–H and O–H groups in total. The van der Waals surface area contributed by atoms with Crippen molar-refractivity contribution >= 4 is 11.6 Å². The molecule has 0 aromatic heterocycles. The van der Waals surface area contributed by atoms with E-state index in [0.29, 0.717) is 10.6 Å². The maximum absolute atomic E-state index is 13.1. The smallest absolute Gasteiger partial charge is 0.128 e. The summed E-state index contributed by atoms with van der Waals surface area (Å²) >= 11 is 5.70. The van der Waals surface area contributed by atoms with Crippen LogP contribution in [0.2, 0.25) is 5.02 Å². The van der Waals surface area contributed by atoms with Crippen LogP contribution in [0.1, 0.15) is 19.4 Å². The van der Waals surface area contributed by atoms with E-state index in [1.165, 1.54) is 12.1 Å². The Labute approximate surface area is 76.3 Å². The van der Waals surface area contributed by atoms with E-state index in [2.05, 4.69) is 0 Å². The number of nitrogens with two attached hydrogens (primary N) is 1. The van der Waals surface area contributed by atoms with Crippen molar-refractivity contribution in [2.75, 3.05) is 0 Å². The normalized spacial score (nSPS) is 11.8. The molecule has 0 heterocycles. The molecule has 0 saturated carbocycles. The molecule has 0 spiro atoms. The second-order valence-electron chi connectivity index (χ2n) is 3.35. The molecular formula is C9H11ClFN. The largest absolute Gasteiger partial charge is 0.322 e. The van der Waals surface area contributed by atoms with Gasteiger partial charge in [-0.1, -0.05) is 11.6 Å². The summed E-state index contributed by atoms with van der Waals surface area (Å²) in [5, 5.41) is 0.505. The average Bonchev–Trinajstić information content (AvgIpc) is 1.92. The third-order valence-corrected chi connectivity index (χ3v) is 1.86. The first-order valence-electron chi connectivity index (χ1n) is 3.65. The lowest BCUT2D eigenvalue weighted by Crippen LogP contribution is -2.29. The van der Waals surface area contributed by atoms with Gasteiger partial charge in [-0.2, -0.15) is 0 Å². The lowest BCUT2D eigenvalue weighted by Gasteiger charge is -2.19. The molecule has 0 aliphatic carbocycles. The summed E-state index contributed by atoms with van der Waals surface area (Å²) in [5.74, 6) is -0.313. The summed E-state index contributed by atoms with van der Waals surface area (Å²) in [6.07, 6.45) is 0. The van der Waals surface area contributed by atoms with Gasteiger partial charge in [-0.25, -0.2) is 4.39 Å². The third kappa shape index (κ3) is 1.96. The Balaban J connectivity index is 3.23. The maximum atomic E-state index is 13.1. The van der Waals surface area contributed by atoms with E-state index < -0.39 is 5.54 Å². The van der Waals surface area contributed by atoms with Gasteiger partial charge in [0.2, 0.25) is 0 Å². The highest BCUT2D eigenvalue weighted by molar-refractivity contribution is 6.30. The first-order chi connectivity index (χ1) is 5.41. The van der Waals surface area contributed by atoms with Gasteiger partial charge in [0.05, 0.1) is 0 Å². The molecule has 1 nitrogen and oxygen atoms in total. The van der Waals surface area contributed by atoms with Crippen molar-refractivity contribution in [1.29, 1.82) is 0 Å².